The van der Waals surface area contributed by atoms with E-state index in [1.807, 2.05) is 49.4 Å². The van der Waals surface area contributed by atoms with Gasteiger partial charge in [0.25, 0.3) is 0 Å². The van der Waals surface area contributed by atoms with Crippen LogP contribution in [-0.4, -0.2) is 25.3 Å². The van der Waals surface area contributed by atoms with E-state index in [0.29, 0.717) is 31.4 Å². The topological polar surface area (TPSA) is 46.6 Å². The fraction of sp³-hybridized carbons (Fsp3) is 0.300. The molecule has 1 heterocycles. The molecule has 0 saturated heterocycles. The fourth-order valence-corrected chi connectivity index (χ4v) is 3.12. The largest absolute Gasteiger partial charge is 0.496 e. The Labute approximate surface area is 142 Å². The molecule has 0 N–H and O–H groups in total. The van der Waals surface area contributed by atoms with Crippen molar-refractivity contribution in [3.05, 3.63) is 59.2 Å². The molecule has 0 radical (unpaired) electrons. The third-order valence-corrected chi connectivity index (χ3v) is 4.41. The lowest BCUT2D eigenvalue weighted by molar-refractivity contribution is -0.118. The van der Waals surface area contributed by atoms with Crippen molar-refractivity contribution < 1.29 is 14.3 Å². The molecular formula is C20H21NO3. The lowest BCUT2D eigenvalue weighted by Crippen LogP contribution is -2.37. The molecule has 0 saturated carbocycles. The minimum Gasteiger partial charge on any atom is -0.496 e. The van der Waals surface area contributed by atoms with Gasteiger partial charge in [0.1, 0.15) is 5.75 Å². The molecule has 2 aromatic rings. The van der Waals surface area contributed by atoms with Crippen LogP contribution in [0.4, 0.5) is 5.69 Å². The van der Waals surface area contributed by atoms with Gasteiger partial charge < -0.3 is 9.64 Å². The minimum absolute atomic E-state index is 0.0403. The summed E-state index contributed by atoms with van der Waals surface area (Å²) >= 11 is 0. The van der Waals surface area contributed by atoms with Crippen molar-refractivity contribution in [2.24, 2.45) is 0 Å². The number of carbonyl (C=O) groups is 2. The van der Waals surface area contributed by atoms with E-state index in [2.05, 4.69) is 0 Å². The summed E-state index contributed by atoms with van der Waals surface area (Å²) in [5.74, 6) is 0.955. The zero-order chi connectivity index (χ0) is 17.1. The molecule has 24 heavy (non-hydrogen) atoms. The molecule has 0 fully saturated rings. The third kappa shape index (κ3) is 3.18. The van der Waals surface area contributed by atoms with Crippen LogP contribution >= 0.6 is 0 Å². The van der Waals surface area contributed by atoms with Gasteiger partial charge in [-0.2, -0.15) is 0 Å². The van der Waals surface area contributed by atoms with Crippen molar-refractivity contribution in [3.63, 3.8) is 0 Å². The number of aryl methyl sites for hydroxylation is 2. The number of para-hydroxylation sites is 1. The normalized spacial score (nSPS) is 13.6. The molecule has 4 nitrogen and oxygen atoms in total. The Bertz CT molecular complexity index is 782. The smallest absolute Gasteiger partial charge is 0.227 e. The van der Waals surface area contributed by atoms with Gasteiger partial charge in [-0.1, -0.05) is 29.8 Å². The molecule has 1 aliphatic rings. The van der Waals surface area contributed by atoms with Gasteiger partial charge in [0.2, 0.25) is 5.91 Å². The lowest BCUT2D eigenvalue weighted by Gasteiger charge is -2.29. The van der Waals surface area contributed by atoms with Gasteiger partial charge >= 0.3 is 0 Å². The van der Waals surface area contributed by atoms with Gasteiger partial charge in [-0.25, -0.2) is 0 Å². The number of amides is 1. The number of hydrogen-bond acceptors (Lipinski definition) is 3. The molecule has 0 spiro atoms. The maximum atomic E-state index is 12.7. The first kappa shape index (κ1) is 16.2. The van der Waals surface area contributed by atoms with Gasteiger partial charge in [-0.3, -0.25) is 9.59 Å². The van der Waals surface area contributed by atoms with Crippen molar-refractivity contribution in [2.45, 2.75) is 26.2 Å². The Morgan fingerprint density at radius 1 is 1.21 bits per heavy atom. The summed E-state index contributed by atoms with van der Waals surface area (Å²) in [6.07, 6.45) is 1.40. The van der Waals surface area contributed by atoms with Gasteiger partial charge in [-0.15, -0.1) is 0 Å². The van der Waals surface area contributed by atoms with E-state index in [1.165, 1.54) is 0 Å². The summed E-state index contributed by atoms with van der Waals surface area (Å²) in [7, 11) is 1.63. The van der Waals surface area contributed by atoms with Crippen LogP contribution in [0.5, 0.6) is 5.75 Å². The molecule has 0 aromatic heterocycles. The number of rotatable bonds is 4. The maximum Gasteiger partial charge on any atom is 0.227 e. The zero-order valence-electron chi connectivity index (χ0n) is 14.0. The van der Waals surface area contributed by atoms with Crippen LogP contribution in [0.2, 0.25) is 0 Å². The summed E-state index contributed by atoms with van der Waals surface area (Å²) in [6, 6.07) is 13.4. The number of anilines is 1. The number of ether oxygens (including phenoxy) is 1. The van der Waals surface area contributed by atoms with Crippen LogP contribution in [0, 0.1) is 6.92 Å². The van der Waals surface area contributed by atoms with Gasteiger partial charge in [-0.05, 0) is 37.1 Å². The van der Waals surface area contributed by atoms with Crippen LogP contribution in [0.3, 0.4) is 0 Å². The summed E-state index contributed by atoms with van der Waals surface area (Å²) in [6.45, 7) is 2.41. The molecular weight excluding hydrogens is 302 g/mol. The molecule has 2 aromatic carbocycles. The zero-order valence-corrected chi connectivity index (χ0v) is 14.0. The Balaban J connectivity index is 1.77. The monoisotopic (exact) mass is 323 g/mol. The Morgan fingerprint density at radius 3 is 2.79 bits per heavy atom. The molecule has 0 atom stereocenters. The maximum absolute atomic E-state index is 12.7. The number of methoxy groups -OCH3 is 1. The number of ketones is 1. The molecule has 0 aliphatic carbocycles. The second-order valence-corrected chi connectivity index (χ2v) is 6.05. The average molecular weight is 323 g/mol. The summed E-state index contributed by atoms with van der Waals surface area (Å²) < 4.78 is 5.34. The van der Waals surface area contributed by atoms with Crippen LogP contribution in [0.15, 0.2) is 42.5 Å². The second kappa shape index (κ2) is 6.87. The minimum atomic E-state index is 0.0403. The van der Waals surface area contributed by atoms with Gasteiger partial charge in [0.15, 0.2) is 5.78 Å². The highest BCUT2D eigenvalue weighted by molar-refractivity contribution is 6.08. The number of carbonyl (C=O) groups excluding carboxylic acids is 2. The van der Waals surface area contributed by atoms with E-state index >= 15 is 0 Å². The summed E-state index contributed by atoms with van der Waals surface area (Å²) in [5, 5.41) is 0. The molecule has 0 bridgehead atoms. The van der Waals surface area contributed by atoms with E-state index in [1.54, 1.807) is 12.0 Å². The summed E-state index contributed by atoms with van der Waals surface area (Å²) in [5.41, 5.74) is 3.45. The van der Waals surface area contributed by atoms with Crippen molar-refractivity contribution in [2.75, 3.05) is 18.6 Å². The average Bonchev–Trinajstić information content (AvgIpc) is 2.60. The van der Waals surface area contributed by atoms with E-state index in [9.17, 15) is 9.59 Å². The molecule has 1 aliphatic heterocycles. The quantitative estimate of drug-likeness (QED) is 0.864. The highest BCUT2D eigenvalue weighted by atomic mass is 16.5. The third-order valence-electron chi connectivity index (χ3n) is 4.41. The number of hydrogen-bond donors (Lipinski definition) is 0. The Hall–Kier alpha value is -2.62. The molecule has 3 rings (SSSR count). The Morgan fingerprint density at radius 2 is 2.00 bits per heavy atom. The molecule has 0 unspecified atom stereocenters. The van der Waals surface area contributed by atoms with Crippen LogP contribution < -0.4 is 9.64 Å². The van der Waals surface area contributed by atoms with Gasteiger partial charge in [0.05, 0.1) is 12.8 Å². The van der Waals surface area contributed by atoms with Crippen LogP contribution in [0.25, 0.3) is 0 Å². The van der Waals surface area contributed by atoms with Gasteiger partial charge in [0, 0.05) is 24.9 Å². The fourth-order valence-electron chi connectivity index (χ4n) is 3.12. The molecule has 124 valence electrons. The van der Waals surface area contributed by atoms with E-state index in [4.69, 9.17) is 4.74 Å². The first-order chi connectivity index (χ1) is 11.6. The number of nitrogens with zero attached hydrogens (tertiary/aromatic N) is 1. The predicted molar refractivity (Wildman–Crippen MR) is 93.8 cm³/mol. The Kier molecular flexibility index (Phi) is 4.65. The first-order valence-corrected chi connectivity index (χ1v) is 8.16. The second-order valence-electron chi connectivity index (χ2n) is 6.05. The highest BCUT2D eigenvalue weighted by Gasteiger charge is 2.27. The standard InChI is InChI=1S/C20H21NO3/c1-14-7-9-17-16(13-14)18(22)11-12-21(17)20(23)10-8-15-5-3-4-6-19(15)24-2/h3-7,9,13H,8,10-12H2,1-2H3. The van der Waals surface area contributed by atoms with Crippen molar-refractivity contribution >= 4 is 17.4 Å². The van der Waals surface area contributed by atoms with E-state index in [0.717, 1.165) is 22.6 Å². The van der Waals surface area contributed by atoms with Crippen molar-refractivity contribution in [1.29, 1.82) is 0 Å². The lowest BCUT2D eigenvalue weighted by atomic mass is 9.97. The SMILES string of the molecule is COc1ccccc1CCC(=O)N1CCC(=O)c2cc(C)ccc21. The predicted octanol–water partition coefficient (Wildman–Crippen LogP) is 3.56. The van der Waals surface area contributed by atoms with E-state index < -0.39 is 0 Å². The van der Waals surface area contributed by atoms with Crippen LogP contribution in [-0.2, 0) is 11.2 Å². The van der Waals surface area contributed by atoms with Crippen molar-refractivity contribution in [1.82, 2.24) is 0 Å². The number of benzene rings is 2. The number of fused-ring (bicyclic) bond motifs is 1. The van der Waals surface area contributed by atoms with Crippen LogP contribution in [0.1, 0.15) is 34.3 Å². The van der Waals surface area contributed by atoms with Crippen molar-refractivity contribution in [3.8, 4) is 5.75 Å². The summed E-state index contributed by atoms with van der Waals surface area (Å²) in [4.78, 5) is 26.6. The first-order valence-electron chi connectivity index (χ1n) is 8.16. The highest BCUT2D eigenvalue weighted by Crippen LogP contribution is 2.29. The van der Waals surface area contributed by atoms with E-state index in [-0.39, 0.29) is 11.7 Å². The number of Topliss-reactive ketones (excluding diaryl/α,β-unsaturated/α-hetero) is 1. The molecule has 4 heteroatoms. The molecule has 1 amide bonds.